The van der Waals surface area contributed by atoms with Gasteiger partial charge >= 0.3 is 5.97 Å². The fraction of sp³-hybridized carbons (Fsp3) is 0.500. The molecular weight excluding hydrogens is 269 g/mol. The summed E-state index contributed by atoms with van der Waals surface area (Å²) in [6.07, 6.45) is 1.53. The van der Waals surface area contributed by atoms with E-state index in [-0.39, 0.29) is 12.4 Å². The largest absolute Gasteiger partial charge is 0.480 e. The summed E-state index contributed by atoms with van der Waals surface area (Å²) >= 11 is 5.99. The summed E-state index contributed by atoms with van der Waals surface area (Å²) in [5.74, 6) is -0.845. The average Bonchev–Trinajstić information content (AvgIpc) is 2.35. The highest BCUT2D eigenvalue weighted by Gasteiger charge is 2.32. The first-order chi connectivity index (χ1) is 8.99. The lowest BCUT2D eigenvalue weighted by Crippen LogP contribution is -2.46. The Hall–Kier alpha value is -1.13. The topological polar surface area (TPSA) is 40.5 Å². The van der Waals surface area contributed by atoms with Gasteiger partial charge < -0.3 is 5.11 Å². The third-order valence-electron chi connectivity index (χ3n) is 3.68. The molecule has 1 heterocycles. The summed E-state index contributed by atoms with van der Waals surface area (Å²) in [6.45, 7) is 2.95. The van der Waals surface area contributed by atoms with E-state index in [0.29, 0.717) is 29.5 Å². The third-order valence-corrected chi connectivity index (χ3v) is 4.04. The molecule has 19 heavy (non-hydrogen) atoms. The fourth-order valence-electron chi connectivity index (χ4n) is 2.52. The van der Waals surface area contributed by atoms with Crippen molar-refractivity contribution in [1.82, 2.24) is 4.90 Å². The molecule has 0 saturated carbocycles. The summed E-state index contributed by atoms with van der Waals surface area (Å²) in [5.41, 5.74) is 0.380. The average molecular weight is 286 g/mol. The van der Waals surface area contributed by atoms with Crippen molar-refractivity contribution in [2.45, 2.75) is 32.4 Å². The number of rotatable bonds is 3. The number of likely N-dealkylation sites (tertiary alicyclic amines) is 1. The molecular formula is C14H17ClFNO2. The zero-order valence-corrected chi connectivity index (χ0v) is 11.5. The van der Waals surface area contributed by atoms with Crippen molar-refractivity contribution < 1.29 is 14.3 Å². The first kappa shape index (κ1) is 14.3. The fourth-order valence-corrected chi connectivity index (χ4v) is 2.75. The van der Waals surface area contributed by atoms with Crippen molar-refractivity contribution in [3.05, 3.63) is 34.6 Å². The predicted molar refractivity (Wildman–Crippen MR) is 71.6 cm³/mol. The van der Waals surface area contributed by atoms with Crippen LogP contribution in [0, 0.1) is 11.7 Å². The molecule has 0 bridgehead atoms. The molecule has 1 N–H and O–H groups in total. The number of hydrogen-bond donors (Lipinski definition) is 1. The summed E-state index contributed by atoms with van der Waals surface area (Å²) in [5, 5.41) is 9.62. The van der Waals surface area contributed by atoms with Gasteiger partial charge in [-0.3, -0.25) is 9.69 Å². The quantitative estimate of drug-likeness (QED) is 0.927. The second-order valence-corrected chi connectivity index (χ2v) is 5.56. The highest BCUT2D eigenvalue weighted by Crippen LogP contribution is 2.27. The number of carboxylic acids is 1. The zero-order valence-electron chi connectivity index (χ0n) is 10.8. The second kappa shape index (κ2) is 5.88. The number of hydrogen-bond acceptors (Lipinski definition) is 2. The number of aliphatic carboxylic acids is 1. The van der Waals surface area contributed by atoms with Gasteiger partial charge in [-0.15, -0.1) is 0 Å². The third kappa shape index (κ3) is 3.25. The molecule has 2 atom stereocenters. The molecule has 0 aromatic heterocycles. The van der Waals surface area contributed by atoms with Crippen molar-refractivity contribution in [1.29, 1.82) is 0 Å². The minimum Gasteiger partial charge on any atom is -0.480 e. The lowest BCUT2D eigenvalue weighted by Gasteiger charge is -2.36. The van der Waals surface area contributed by atoms with Gasteiger partial charge in [-0.05, 0) is 37.4 Å². The van der Waals surface area contributed by atoms with Gasteiger partial charge in [0.15, 0.2) is 0 Å². The summed E-state index contributed by atoms with van der Waals surface area (Å²) in [4.78, 5) is 13.1. The van der Waals surface area contributed by atoms with E-state index in [1.807, 2.05) is 6.92 Å². The van der Waals surface area contributed by atoms with Crippen LogP contribution in [0.25, 0.3) is 0 Å². The van der Waals surface area contributed by atoms with E-state index in [1.54, 1.807) is 17.0 Å². The van der Waals surface area contributed by atoms with Crippen molar-refractivity contribution in [3.8, 4) is 0 Å². The number of nitrogens with zero attached hydrogens (tertiary/aromatic N) is 1. The summed E-state index contributed by atoms with van der Waals surface area (Å²) < 4.78 is 13.8. The smallest absolute Gasteiger partial charge is 0.320 e. The molecule has 0 spiro atoms. The molecule has 0 amide bonds. The Balaban J connectivity index is 2.19. The molecule has 2 rings (SSSR count). The Morgan fingerprint density at radius 3 is 2.95 bits per heavy atom. The minimum absolute atomic E-state index is 0.245. The molecule has 3 nitrogen and oxygen atoms in total. The molecule has 1 saturated heterocycles. The van der Waals surface area contributed by atoms with Gasteiger partial charge in [0.25, 0.3) is 0 Å². The van der Waals surface area contributed by atoms with Gasteiger partial charge in [0, 0.05) is 17.1 Å². The van der Waals surface area contributed by atoms with Crippen LogP contribution in [0.1, 0.15) is 25.3 Å². The second-order valence-electron chi connectivity index (χ2n) is 5.15. The number of benzene rings is 1. The van der Waals surface area contributed by atoms with Crippen LogP contribution in [0.3, 0.4) is 0 Å². The van der Waals surface area contributed by atoms with Crippen LogP contribution >= 0.6 is 11.6 Å². The van der Waals surface area contributed by atoms with Crippen LogP contribution in [0.5, 0.6) is 0 Å². The Labute approximate surface area is 117 Å². The Morgan fingerprint density at radius 1 is 1.58 bits per heavy atom. The molecule has 0 radical (unpaired) electrons. The number of piperidine rings is 1. The molecule has 1 aromatic carbocycles. The Bertz CT molecular complexity index is 460. The Morgan fingerprint density at radius 2 is 2.32 bits per heavy atom. The molecule has 2 unspecified atom stereocenters. The zero-order chi connectivity index (χ0) is 14.0. The van der Waals surface area contributed by atoms with Crippen molar-refractivity contribution in [3.63, 3.8) is 0 Å². The van der Waals surface area contributed by atoms with Crippen LogP contribution in [-0.2, 0) is 11.3 Å². The van der Waals surface area contributed by atoms with Gasteiger partial charge in [-0.2, -0.15) is 0 Å². The maximum Gasteiger partial charge on any atom is 0.320 e. The number of carboxylic acid groups (broad SMARTS) is 1. The highest BCUT2D eigenvalue weighted by atomic mass is 35.5. The molecule has 0 aliphatic carbocycles. The van der Waals surface area contributed by atoms with Gasteiger partial charge in [-0.25, -0.2) is 4.39 Å². The minimum atomic E-state index is -0.848. The maximum absolute atomic E-state index is 13.8. The van der Waals surface area contributed by atoms with Crippen molar-refractivity contribution in [2.24, 2.45) is 5.92 Å². The lowest BCUT2D eigenvalue weighted by atomic mass is 9.92. The van der Waals surface area contributed by atoms with Crippen LogP contribution < -0.4 is 0 Å². The number of carbonyl (C=O) groups is 1. The molecule has 1 aliphatic heterocycles. The van der Waals surface area contributed by atoms with E-state index in [1.165, 1.54) is 6.07 Å². The molecule has 104 valence electrons. The normalized spacial score (nSPS) is 24.4. The molecule has 1 aliphatic rings. The monoisotopic (exact) mass is 285 g/mol. The summed E-state index contributed by atoms with van der Waals surface area (Å²) in [6, 6.07) is 3.97. The van der Waals surface area contributed by atoms with E-state index in [4.69, 9.17) is 11.6 Å². The highest BCUT2D eigenvalue weighted by molar-refractivity contribution is 6.31. The van der Waals surface area contributed by atoms with Gasteiger partial charge in [-0.1, -0.05) is 24.6 Å². The van der Waals surface area contributed by atoms with Crippen molar-refractivity contribution >= 4 is 17.6 Å². The van der Waals surface area contributed by atoms with Crippen LogP contribution in [-0.4, -0.2) is 28.6 Å². The first-order valence-electron chi connectivity index (χ1n) is 6.38. The predicted octanol–water partition coefficient (Wildman–Crippen LogP) is 3.16. The van der Waals surface area contributed by atoms with E-state index < -0.39 is 12.0 Å². The van der Waals surface area contributed by atoms with E-state index in [0.717, 1.165) is 6.42 Å². The van der Waals surface area contributed by atoms with E-state index in [2.05, 4.69) is 0 Å². The summed E-state index contributed by atoms with van der Waals surface area (Å²) in [7, 11) is 0. The molecule has 1 aromatic rings. The Kier molecular flexibility index (Phi) is 4.42. The van der Waals surface area contributed by atoms with Gasteiger partial charge in [0.05, 0.1) is 0 Å². The van der Waals surface area contributed by atoms with Gasteiger partial charge in [0.2, 0.25) is 0 Å². The van der Waals surface area contributed by atoms with E-state index >= 15 is 0 Å². The van der Waals surface area contributed by atoms with Crippen LogP contribution in [0.15, 0.2) is 18.2 Å². The molecule has 1 fully saturated rings. The standard InChI is InChI=1S/C14H17ClFNO2/c1-9-5-6-17(13(7-9)14(18)19)8-10-11(15)3-2-4-12(10)16/h2-4,9,13H,5-8H2,1H3,(H,18,19). The van der Waals surface area contributed by atoms with Crippen LogP contribution in [0.2, 0.25) is 5.02 Å². The first-order valence-corrected chi connectivity index (χ1v) is 6.76. The SMILES string of the molecule is CC1CCN(Cc2c(F)cccc2Cl)C(C(=O)O)C1. The maximum atomic E-state index is 13.8. The lowest BCUT2D eigenvalue weighted by molar-refractivity contribution is -0.145. The molecule has 5 heteroatoms. The van der Waals surface area contributed by atoms with Crippen LogP contribution in [0.4, 0.5) is 4.39 Å². The van der Waals surface area contributed by atoms with Gasteiger partial charge in [0.1, 0.15) is 11.9 Å². The van der Waals surface area contributed by atoms with Crippen molar-refractivity contribution in [2.75, 3.05) is 6.54 Å². The van der Waals surface area contributed by atoms with E-state index in [9.17, 15) is 14.3 Å². The number of halogens is 2.